The number of amides is 2. The lowest BCUT2D eigenvalue weighted by atomic mass is 10.0. The standard InChI is InChI=1S/C17H17N3O2S.C12H11NO/c1-20-10-15(18-11-20)17-14(7-8-23-17)19-16(21)9-12-3-5-13(22-2)6-4-12;13-12(14)8-10-6-3-5-9-4-1-2-7-11(9)10/h3-8,10-11H,9H2,1-2H3,(H,19,21);1-7H,8H2,(H2,13,14). The highest BCUT2D eigenvalue weighted by Crippen LogP contribution is 2.32. The zero-order chi connectivity index (χ0) is 26.2. The number of hydrogen-bond donors (Lipinski definition) is 2. The van der Waals surface area contributed by atoms with Crippen molar-refractivity contribution in [3.8, 4) is 16.3 Å². The van der Waals surface area contributed by atoms with Crippen LogP contribution in [0.1, 0.15) is 11.1 Å². The number of aryl methyl sites for hydroxylation is 1. The molecule has 2 amide bonds. The second-order valence-electron chi connectivity index (χ2n) is 8.44. The topological polar surface area (TPSA) is 99.2 Å². The van der Waals surface area contributed by atoms with Crippen LogP contribution in [-0.4, -0.2) is 28.5 Å². The number of methoxy groups -OCH3 is 1. The van der Waals surface area contributed by atoms with E-state index in [1.807, 2.05) is 96.0 Å². The number of thiophene rings is 1. The van der Waals surface area contributed by atoms with Crippen molar-refractivity contribution in [2.24, 2.45) is 12.8 Å². The van der Waals surface area contributed by atoms with Crippen LogP contribution in [0.4, 0.5) is 5.69 Å². The maximum atomic E-state index is 12.3. The van der Waals surface area contributed by atoms with Gasteiger partial charge in [-0.25, -0.2) is 4.98 Å². The summed E-state index contributed by atoms with van der Waals surface area (Å²) in [7, 11) is 3.55. The number of aromatic nitrogens is 2. The molecule has 188 valence electrons. The second kappa shape index (κ2) is 12.0. The Bertz CT molecular complexity index is 1500. The lowest BCUT2D eigenvalue weighted by Crippen LogP contribution is -2.14. The molecule has 0 unspecified atom stereocenters. The molecule has 0 aliphatic rings. The first kappa shape index (κ1) is 25.7. The third-order valence-corrected chi connectivity index (χ3v) is 6.58. The van der Waals surface area contributed by atoms with Crippen molar-refractivity contribution >= 4 is 39.6 Å². The van der Waals surface area contributed by atoms with Crippen LogP contribution in [0.2, 0.25) is 0 Å². The smallest absolute Gasteiger partial charge is 0.228 e. The molecule has 3 N–H and O–H groups in total. The molecule has 0 aliphatic carbocycles. The Labute approximate surface area is 219 Å². The van der Waals surface area contributed by atoms with Gasteiger partial charge >= 0.3 is 0 Å². The number of ether oxygens (including phenoxy) is 1. The maximum Gasteiger partial charge on any atom is 0.228 e. The van der Waals surface area contributed by atoms with Crippen LogP contribution >= 0.6 is 11.3 Å². The highest BCUT2D eigenvalue weighted by molar-refractivity contribution is 7.14. The molecular weight excluding hydrogens is 484 g/mol. The molecule has 0 fully saturated rings. The van der Waals surface area contributed by atoms with Crippen molar-refractivity contribution in [1.29, 1.82) is 0 Å². The summed E-state index contributed by atoms with van der Waals surface area (Å²) in [6.07, 6.45) is 4.31. The number of benzene rings is 3. The van der Waals surface area contributed by atoms with Crippen LogP contribution in [0.3, 0.4) is 0 Å². The maximum absolute atomic E-state index is 12.3. The van der Waals surface area contributed by atoms with Gasteiger partial charge in [-0.1, -0.05) is 54.6 Å². The lowest BCUT2D eigenvalue weighted by Gasteiger charge is -2.06. The SMILES string of the molecule is COc1ccc(CC(=O)Nc2ccsc2-c2cn(C)cn2)cc1.NC(=O)Cc1cccc2ccccc12. The van der Waals surface area contributed by atoms with Gasteiger partial charge in [-0.3, -0.25) is 9.59 Å². The number of fused-ring (bicyclic) bond motifs is 1. The van der Waals surface area contributed by atoms with Gasteiger partial charge in [-0.05, 0) is 45.5 Å². The second-order valence-corrected chi connectivity index (χ2v) is 9.36. The number of carbonyl (C=O) groups excluding carboxylic acids is 2. The normalized spacial score (nSPS) is 10.4. The Kier molecular flexibility index (Phi) is 8.33. The van der Waals surface area contributed by atoms with Crippen LogP contribution < -0.4 is 15.8 Å². The summed E-state index contributed by atoms with van der Waals surface area (Å²) in [5.41, 5.74) is 8.78. The minimum atomic E-state index is -0.290. The molecule has 0 bridgehead atoms. The van der Waals surface area contributed by atoms with Gasteiger partial charge in [0.05, 0.1) is 36.8 Å². The summed E-state index contributed by atoms with van der Waals surface area (Å²) in [6, 6.07) is 23.3. The molecule has 0 saturated heterocycles. The van der Waals surface area contributed by atoms with Crippen LogP contribution in [0.15, 0.2) is 90.7 Å². The van der Waals surface area contributed by atoms with E-state index in [-0.39, 0.29) is 11.8 Å². The fourth-order valence-electron chi connectivity index (χ4n) is 3.89. The molecular formula is C29H28N4O3S. The molecule has 8 heteroatoms. The molecule has 3 aromatic carbocycles. The largest absolute Gasteiger partial charge is 0.497 e. The van der Waals surface area contributed by atoms with E-state index in [9.17, 15) is 9.59 Å². The fraction of sp³-hybridized carbons (Fsp3) is 0.138. The van der Waals surface area contributed by atoms with Gasteiger partial charge in [0.15, 0.2) is 0 Å². The molecule has 0 radical (unpaired) electrons. The summed E-state index contributed by atoms with van der Waals surface area (Å²) in [5.74, 6) is 0.441. The van der Waals surface area contributed by atoms with Crippen LogP contribution in [0, 0.1) is 0 Å². The van der Waals surface area contributed by atoms with Crippen molar-refractivity contribution in [1.82, 2.24) is 9.55 Å². The van der Waals surface area contributed by atoms with E-state index in [4.69, 9.17) is 10.5 Å². The van der Waals surface area contributed by atoms with Crippen molar-refractivity contribution in [2.75, 3.05) is 12.4 Å². The number of nitrogens with two attached hydrogens (primary N) is 1. The third-order valence-electron chi connectivity index (χ3n) is 5.65. The monoisotopic (exact) mass is 512 g/mol. The number of rotatable bonds is 7. The summed E-state index contributed by atoms with van der Waals surface area (Å²) in [4.78, 5) is 28.4. The Morgan fingerprint density at radius 3 is 2.46 bits per heavy atom. The first-order valence-electron chi connectivity index (χ1n) is 11.7. The Morgan fingerprint density at radius 2 is 1.76 bits per heavy atom. The molecule has 5 aromatic rings. The third kappa shape index (κ3) is 6.83. The van der Waals surface area contributed by atoms with Gasteiger partial charge in [0.2, 0.25) is 11.8 Å². The highest BCUT2D eigenvalue weighted by Gasteiger charge is 2.12. The van der Waals surface area contributed by atoms with E-state index in [0.29, 0.717) is 12.8 Å². The molecule has 0 atom stereocenters. The Morgan fingerprint density at radius 1 is 1.00 bits per heavy atom. The van der Waals surface area contributed by atoms with E-state index in [1.165, 1.54) is 0 Å². The number of hydrogen-bond acceptors (Lipinski definition) is 5. The first-order valence-corrected chi connectivity index (χ1v) is 12.5. The predicted molar refractivity (Wildman–Crippen MR) is 149 cm³/mol. The van der Waals surface area contributed by atoms with Gasteiger partial charge in [0, 0.05) is 13.2 Å². The summed E-state index contributed by atoms with van der Waals surface area (Å²) < 4.78 is 7.00. The van der Waals surface area contributed by atoms with Crippen molar-refractivity contribution < 1.29 is 14.3 Å². The minimum Gasteiger partial charge on any atom is -0.497 e. The van der Waals surface area contributed by atoms with Gasteiger partial charge < -0.3 is 20.4 Å². The highest BCUT2D eigenvalue weighted by atomic mass is 32.1. The van der Waals surface area contributed by atoms with Crippen LogP contribution in [0.5, 0.6) is 5.75 Å². The average molecular weight is 513 g/mol. The number of nitrogens with one attached hydrogen (secondary N) is 1. The lowest BCUT2D eigenvalue weighted by molar-refractivity contribution is -0.117. The molecule has 5 rings (SSSR count). The van der Waals surface area contributed by atoms with Crippen LogP contribution in [-0.2, 0) is 29.5 Å². The quantitative estimate of drug-likeness (QED) is 0.313. The van der Waals surface area contributed by atoms with Crippen molar-refractivity contribution in [3.63, 3.8) is 0 Å². The van der Waals surface area contributed by atoms with Gasteiger partial charge in [-0.2, -0.15) is 0 Å². The number of anilines is 1. The zero-order valence-electron chi connectivity index (χ0n) is 20.7. The van der Waals surface area contributed by atoms with E-state index >= 15 is 0 Å². The van der Waals surface area contributed by atoms with Crippen molar-refractivity contribution in [3.05, 3.63) is 102 Å². The van der Waals surface area contributed by atoms with E-state index in [2.05, 4.69) is 10.3 Å². The first-order chi connectivity index (χ1) is 17.9. The van der Waals surface area contributed by atoms with E-state index < -0.39 is 0 Å². The van der Waals surface area contributed by atoms with Gasteiger partial charge in [0.25, 0.3) is 0 Å². The number of nitrogens with zero attached hydrogens (tertiary/aromatic N) is 2. The fourth-order valence-corrected chi connectivity index (χ4v) is 4.71. The van der Waals surface area contributed by atoms with Gasteiger partial charge in [-0.15, -0.1) is 11.3 Å². The molecule has 2 aromatic heterocycles. The van der Waals surface area contributed by atoms with Crippen LogP contribution in [0.25, 0.3) is 21.3 Å². The molecule has 0 saturated carbocycles. The molecule has 37 heavy (non-hydrogen) atoms. The number of carbonyl (C=O) groups is 2. The summed E-state index contributed by atoms with van der Waals surface area (Å²) in [5, 5.41) is 7.17. The molecule has 0 spiro atoms. The summed E-state index contributed by atoms with van der Waals surface area (Å²) in [6.45, 7) is 0. The Balaban J connectivity index is 0.000000195. The number of primary amides is 1. The predicted octanol–water partition coefficient (Wildman–Crippen LogP) is 5.21. The molecule has 0 aliphatic heterocycles. The molecule has 7 nitrogen and oxygen atoms in total. The Hall–Kier alpha value is -4.43. The van der Waals surface area contributed by atoms with Crippen molar-refractivity contribution in [2.45, 2.75) is 12.8 Å². The van der Waals surface area contributed by atoms with E-state index in [0.717, 1.165) is 43.9 Å². The van der Waals surface area contributed by atoms with E-state index in [1.54, 1.807) is 24.8 Å². The van der Waals surface area contributed by atoms with Gasteiger partial charge in [0.1, 0.15) is 11.4 Å². The zero-order valence-corrected chi connectivity index (χ0v) is 21.5. The number of imidazole rings is 1. The average Bonchev–Trinajstić information content (AvgIpc) is 3.53. The summed E-state index contributed by atoms with van der Waals surface area (Å²) >= 11 is 1.56. The molecule has 2 heterocycles. The minimum absolute atomic E-state index is 0.0502.